The summed E-state index contributed by atoms with van der Waals surface area (Å²) in [6, 6.07) is 11.4. The molecule has 0 aromatic heterocycles. The minimum atomic E-state index is -0.465. The molecular weight excluding hydrogens is 390 g/mol. The number of hydrogen-bond acceptors (Lipinski definition) is 2. The van der Waals surface area contributed by atoms with Gasteiger partial charge in [-0.2, -0.15) is 0 Å². The second-order valence-electron chi connectivity index (χ2n) is 6.25. The Balaban J connectivity index is 1.54. The van der Waals surface area contributed by atoms with Crippen molar-refractivity contribution in [3.05, 3.63) is 64.1 Å². The molecule has 0 heterocycles. The highest BCUT2D eigenvalue weighted by Gasteiger charge is 2.29. The van der Waals surface area contributed by atoms with Gasteiger partial charge in [0.2, 0.25) is 5.91 Å². The van der Waals surface area contributed by atoms with Crippen LogP contribution in [0.2, 0.25) is 0 Å². The lowest BCUT2D eigenvalue weighted by molar-refractivity contribution is -0.116. The Morgan fingerprint density at radius 3 is 2.52 bits per heavy atom. The molecule has 1 saturated carbocycles. The Hall–Kier alpha value is -1.79. The number of carbonyl (C=O) groups is 1. The molecule has 1 N–H and O–H groups in total. The Kier molecular flexibility index (Phi) is 5.81. The van der Waals surface area contributed by atoms with Crippen LogP contribution in [0.1, 0.15) is 24.8 Å². The smallest absolute Gasteiger partial charge is 0.225 e. The molecule has 3 nitrogen and oxygen atoms in total. The minimum absolute atomic E-state index is 0.185. The molecule has 0 spiro atoms. The third kappa shape index (κ3) is 5.34. The minimum Gasteiger partial charge on any atom is -0.324 e. The van der Waals surface area contributed by atoms with E-state index < -0.39 is 5.82 Å². The lowest BCUT2D eigenvalue weighted by Gasteiger charge is -2.22. The van der Waals surface area contributed by atoms with Crippen molar-refractivity contribution >= 4 is 27.5 Å². The summed E-state index contributed by atoms with van der Waals surface area (Å²) < 4.78 is 27.4. The van der Waals surface area contributed by atoms with E-state index in [1.807, 2.05) is 0 Å². The summed E-state index contributed by atoms with van der Waals surface area (Å²) in [5.41, 5.74) is 1.21. The lowest BCUT2D eigenvalue weighted by atomic mass is 10.2. The maximum absolute atomic E-state index is 13.8. The summed E-state index contributed by atoms with van der Waals surface area (Å²) in [7, 11) is 0. The van der Waals surface area contributed by atoms with Crippen molar-refractivity contribution in [1.82, 2.24) is 4.90 Å². The van der Waals surface area contributed by atoms with E-state index in [0.717, 1.165) is 18.4 Å². The first kappa shape index (κ1) is 18.0. The third-order valence-corrected chi connectivity index (χ3v) is 4.69. The monoisotopic (exact) mass is 408 g/mol. The highest BCUT2D eigenvalue weighted by molar-refractivity contribution is 9.10. The van der Waals surface area contributed by atoms with Crippen LogP contribution in [-0.4, -0.2) is 23.4 Å². The zero-order valence-corrected chi connectivity index (χ0v) is 15.2. The number of nitrogens with one attached hydrogen (secondary N) is 1. The molecule has 0 unspecified atom stereocenters. The van der Waals surface area contributed by atoms with Gasteiger partial charge in [0, 0.05) is 30.0 Å². The molecule has 2 aromatic carbocycles. The summed E-state index contributed by atoms with van der Waals surface area (Å²) in [5.74, 6) is -0.934. The maximum atomic E-state index is 13.8. The number of benzene rings is 2. The molecule has 1 aliphatic rings. The van der Waals surface area contributed by atoms with E-state index in [0.29, 0.717) is 23.6 Å². The molecule has 0 bridgehead atoms. The van der Waals surface area contributed by atoms with Gasteiger partial charge in [-0.05, 0) is 48.7 Å². The SMILES string of the molecule is O=C(CCN(Cc1ccc(F)cc1)C1CC1)Nc1ccc(Br)cc1F. The molecule has 1 aliphatic carbocycles. The quantitative estimate of drug-likeness (QED) is 0.718. The van der Waals surface area contributed by atoms with Gasteiger partial charge in [0.25, 0.3) is 0 Å². The summed E-state index contributed by atoms with van der Waals surface area (Å²) in [4.78, 5) is 14.4. The summed E-state index contributed by atoms with van der Waals surface area (Å²) in [5, 5.41) is 2.61. The van der Waals surface area contributed by atoms with E-state index in [9.17, 15) is 13.6 Å². The Morgan fingerprint density at radius 2 is 1.88 bits per heavy atom. The predicted octanol–water partition coefficient (Wildman–Crippen LogP) is 4.72. The third-order valence-electron chi connectivity index (χ3n) is 4.19. The second kappa shape index (κ2) is 8.06. The van der Waals surface area contributed by atoms with E-state index in [4.69, 9.17) is 0 Å². The van der Waals surface area contributed by atoms with Crippen LogP contribution in [-0.2, 0) is 11.3 Å². The molecule has 2 aromatic rings. The van der Waals surface area contributed by atoms with Crippen molar-refractivity contribution in [1.29, 1.82) is 0 Å². The molecule has 6 heteroatoms. The van der Waals surface area contributed by atoms with E-state index in [2.05, 4.69) is 26.1 Å². The van der Waals surface area contributed by atoms with Crippen LogP contribution in [0.15, 0.2) is 46.9 Å². The maximum Gasteiger partial charge on any atom is 0.225 e. The van der Waals surface area contributed by atoms with Crippen molar-refractivity contribution < 1.29 is 13.6 Å². The van der Waals surface area contributed by atoms with Crippen LogP contribution in [0.3, 0.4) is 0 Å². The molecular formula is C19H19BrF2N2O. The topological polar surface area (TPSA) is 32.3 Å². The van der Waals surface area contributed by atoms with Crippen LogP contribution in [0.4, 0.5) is 14.5 Å². The zero-order chi connectivity index (χ0) is 17.8. The fourth-order valence-corrected chi connectivity index (χ4v) is 3.04. The number of nitrogens with zero attached hydrogens (tertiary/aromatic N) is 1. The van der Waals surface area contributed by atoms with Crippen molar-refractivity contribution in [2.75, 3.05) is 11.9 Å². The standard InChI is InChI=1S/C19H19BrF2N2O/c20-14-3-8-18(17(22)11-14)23-19(25)9-10-24(16-6-7-16)12-13-1-4-15(21)5-2-13/h1-5,8,11,16H,6-7,9-10,12H2,(H,23,25). The molecule has 0 radical (unpaired) electrons. The number of amides is 1. The van der Waals surface area contributed by atoms with Crippen molar-refractivity contribution in [2.45, 2.75) is 31.8 Å². The first-order valence-electron chi connectivity index (χ1n) is 8.24. The van der Waals surface area contributed by atoms with Gasteiger partial charge < -0.3 is 5.32 Å². The van der Waals surface area contributed by atoms with E-state index >= 15 is 0 Å². The van der Waals surface area contributed by atoms with Crippen molar-refractivity contribution in [3.63, 3.8) is 0 Å². The van der Waals surface area contributed by atoms with Crippen molar-refractivity contribution in [2.24, 2.45) is 0 Å². The molecule has 132 valence electrons. The van der Waals surface area contributed by atoms with Gasteiger partial charge in [-0.1, -0.05) is 28.1 Å². The Labute approximate surface area is 154 Å². The van der Waals surface area contributed by atoms with Gasteiger partial charge in [0.1, 0.15) is 11.6 Å². The van der Waals surface area contributed by atoms with Crippen LogP contribution in [0.5, 0.6) is 0 Å². The molecule has 1 amide bonds. The van der Waals surface area contributed by atoms with Crippen LogP contribution >= 0.6 is 15.9 Å². The van der Waals surface area contributed by atoms with Gasteiger partial charge in [-0.25, -0.2) is 8.78 Å². The number of carbonyl (C=O) groups excluding carboxylic acids is 1. The largest absolute Gasteiger partial charge is 0.324 e. The van der Waals surface area contributed by atoms with E-state index in [1.54, 1.807) is 18.2 Å². The van der Waals surface area contributed by atoms with E-state index in [-0.39, 0.29) is 23.8 Å². The molecule has 0 atom stereocenters. The fourth-order valence-electron chi connectivity index (χ4n) is 2.70. The van der Waals surface area contributed by atoms with Gasteiger partial charge in [0.15, 0.2) is 0 Å². The average molecular weight is 409 g/mol. The number of hydrogen-bond donors (Lipinski definition) is 1. The molecule has 3 rings (SSSR count). The highest BCUT2D eigenvalue weighted by Crippen LogP contribution is 2.28. The second-order valence-corrected chi connectivity index (χ2v) is 7.17. The molecule has 1 fully saturated rings. The number of anilines is 1. The first-order valence-corrected chi connectivity index (χ1v) is 9.04. The number of halogens is 3. The first-order chi connectivity index (χ1) is 12.0. The highest BCUT2D eigenvalue weighted by atomic mass is 79.9. The number of rotatable bonds is 7. The fraction of sp³-hybridized carbons (Fsp3) is 0.316. The molecule has 0 saturated heterocycles. The summed E-state index contributed by atoms with van der Waals surface area (Å²) in [6.45, 7) is 1.27. The van der Waals surface area contributed by atoms with Crippen molar-refractivity contribution in [3.8, 4) is 0 Å². The summed E-state index contributed by atoms with van der Waals surface area (Å²) >= 11 is 3.19. The van der Waals surface area contributed by atoms with E-state index in [1.165, 1.54) is 24.3 Å². The molecule has 0 aliphatic heterocycles. The molecule has 25 heavy (non-hydrogen) atoms. The Bertz CT molecular complexity index is 748. The van der Waals surface area contributed by atoms with Gasteiger partial charge in [-0.3, -0.25) is 9.69 Å². The zero-order valence-electron chi connectivity index (χ0n) is 13.6. The van der Waals surface area contributed by atoms with Crippen LogP contribution in [0.25, 0.3) is 0 Å². The normalized spacial score (nSPS) is 13.9. The lowest BCUT2D eigenvalue weighted by Crippen LogP contribution is -2.29. The van der Waals surface area contributed by atoms with Gasteiger partial charge in [-0.15, -0.1) is 0 Å². The van der Waals surface area contributed by atoms with Crippen LogP contribution < -0.4 is 5.32 Å². The van der Waals surface area contributed by atoms with Gasteiger partial charge in [0.05, 0.1) is 5.69 Å². The summed E-state index contributed by atoms with van der Waals surface area (Å²) in [6.07, 6.45) is 2.52. The van der Waals surface area contributed by atoms with Gasteiger partial charge >= 0.3 is 0 Å². The Morgan fingerprint density at radius 1 is 1.16 bits per heavy atom. The average Bonchev–Trinajstić information content (AvgIpc) is 3.41. The van der Waals surface area contributed by atoms with Crippen LogP contribution in [0, 0.1) is 11.6 Å². The predicted molar refractivity (Wildman–Crippen MR) is 97.2 cm³/mol.